The number of nitrogens with zero attached hydrogens (tertiary/aromatic N) is 4. The second kappa shape index (κ2) is 10.4. The van der Waals surface area contributed by atoms with Crippen LogP contribution in [-0.4, -0.2) is 50.3 Å². The first kappa shape index (κ1) is 23.4. The number of thioether (sulfide) groups is 1. The molecule has 0 saturated carbocycles. The summed E-state index contributed by atoms with van der Waals surface area (Å²) in [5.41, 5.74) is 6.36. The predicted octanol–water partition coefficient (Wildman–Crippen LogP) is 3.84. The van der Waals surface area contributed by atoms with E-state index in [0.717, 1.165) is 37.4 Å². The van der Waals surface area contributed by atoms with Crippen molar-refractivity contribution in [2.24, 2.45) is 5.73 Å². The van der Waals surface area contributed by atoms with Gasteiger partial charge in [-0.2, -0.15) is 0 Å². The monoisotopic (exact) mass is 488 g/mol. The van der Waals surface area contributed by atoms with Crippen molar-refractivity contribution in [2.75, 3.05) is 24.2 Å². The van der Waals surface area contributed by atoms with Crippen molar-refractivity contribution in [3.05, 3.63) is 52.9 Å². The van der Waals surface area contributed by atoms with Gasteiger partial charge < -0.3 is 11.1 Å². The number of thiophene rings is 1. The van der Waals surface area contributed by atoms with E-state index in [9.17, 15) is 14.0 Å². The second-order valence-electron chi connectivity index (χ2n) is 7.79. The third kappa shape index (κ3) is 5.43. The van der Waals surface area contributed by atoms with Crippen LogP contribution >= 0.6 is 23.1 Å². The molecule has 3 N–H and O–H groups in total. The van der Waals surface area contributed by atoms with Gasteiger partial charge in [0.2, 0.25) is 5.91 Å². The summed E-state index contributed by atoms with van der Waals surface area (Å²) < 4.78 is 15.4. The molecule has 3 aromatic rings. The summed E-state index contributed by atoms with van der Waals surface area (Å²) in [6.07, 6.45) is 3.52. The molecule has 2 aromatic heterocycles. The van der Waals surface area contributed by atoms with Gasteiger partial charge in [0.1, 0.15) is 10.8 Å². The molecule has 3 heterocycles. The molecule has 0 spiro atoms. The molecule has 0 radical (unpaired) electrons. The highest BCUT2D eigenvalue weighted by Crippen LogP contribution is 2.30. The van der Waals surface area contributed by atoms with Crippen LogP contribution in [0.3, 0.4) is 0 Å². The fraction of sp³-hybridized carbons (Fsp3) is 0.364. The Balaban J connectivity index is 1.55. The second-order valence-corrected chi connectivity index (χ2v) is 9.65. The number of benzene rings is 1. The highest BCUT2D eigenvalue weighted by Gasteiger charge is 2.26. The van der Waals surface area contributed by atoms with Crippen molar-refractivity contribution in [3.63, 3.8) is 0 Å². The lowest BCUT2D eigenvalue weighted by Crippen LogP contribution is -2.33. The summed E-state index contributed by atoms with van der Waals surface area (Å²) in [4.78, 5) is 26.4. The van der Waals surface area contributed by atoms with Gasteiger partial charge in [-0.3, -0.25) is 19.1 Å². The van der Waals surface area contributed by atoms with E-state index in [1.165, 1.54) is 41.7 Å². The van der Waals surface area contributed by atoms with Gasteiger partial charge in [0.05, 0.1) is 17.4 Å². The number of hydrogen-bond acceptors (Lipinski definition) is 7. The molecule has 2 amide bonds. The first-order chi connectivity index (χ1) is 15.9. The zero-order valence-corrected chi connectivity index (χ0v) is 19.8. The molecule has 1 fully saturated rings. The number of halogens is 1. The summed E-state index contributed by atoms with van der Waals surface area (Å²) in [7, 11) is 0. The van der Waals surface area contributed by atoms with Crippen LogP contribution in [0.4, 0.5) is 9.39 Å². The number of nitrogens with one attached hydrogen (secondary N) is 1. The molecule has 0 bridgehead atoms. The predicted molar refractivity (Wildman–Crippen MR) is 127 cm³/mol. The van der Waals surface area contributed by atoms with Gasteiger partial charge >= 0.3 is 0 Å². The quantitative estimate of drug-likeness (QED) is 0.467. The van der Waals surface area contributed by atoms with Crippen LogP contribution in [-0.2, 0) is 4.79 Å². The SMILES string of the molecule is CC(c1nnc(SCC(=O)Nc2sccc2C(N)=O)n1-c1ccc(F)cc1)N1CCCCC1. The highest BCUT2D eigenvalue weighted by molar-refractivity contribution is 7.99. The summed E-state index contributed by atoms with van der Waals surface area (Å²) >= 11 is 2.47. The number of aromatic nitrogens is 3. The first-order valence-corrected chi connectivity index (χ1v) is 12.6. The smallest absolute Gasteiger partial charge is 0.251 e. The number of nitrogens with two attached hydrogens (primary N) is 1. The van der Waals surface area contributed by atoms with Crippen LogP contribution in [0.25, 0.3) is 5.69 Å². The third-order valence-corrected chi connectivity index (χ3v) is 7.33. The third-order valence-electron chi connectivity index (χ3n) is 5.57. The summed E-state index contributed by atoms with van der Waals surface area (Å²) in [6, 6.07) is 7.76. The van der Waals surface area contributed by atoms with Crippen LogP contribution in [0.15, 0.2) is 40.9 Å². The molecule has 0 aliphatic carbocycles. The van der Waals surface area contributed by atoms with E-state index >= 15 is 0 Å². The van der Waals surface area contributed by atoms with E-state index in [4.69, 9.17) is 5.73 Å². The van der Waals surface area contributed by atoms with E-state index < -0.39 is 5.91 Å². The van der Waals surface area contributed by atoms with Crippen molar-refractivity contribution in [1.82, 2.24) is 19.7 Å². The van der Waals surface area contributed by atoms with Crippen molar-refractivity contribution in [1.29, 1.82) is 0 Å². The first-order valence-electron chi connectivity index (χ1n) is 10.7. The molecule has 33 heavy (non-hydrogen) atoms. The van der Waals surface area contributed by atoms with Crippen LogP contribution < -0.4 is 11.1 Å². The number of hydrogen-bond donors (Lipinski definition) is 2. The largest absolute Gasteiger partial charge is 0.366 e. The van der Waals surface area contributed by atoms with E-state index in [1.807, 2.05) is 4.57 Å². The van der Waals surface area contributed by atoms with Gasteiger partial charge in [0.25, 0.3) is 5.91 Å². The maximum Gasteiger partial charge on any atom is 0.251 e. The summed E-state index contributed by atoms with van der Waals surface area (Å²) in [6.45, 7) is 4.08. The van der Waals surface area contributed by atoms with Gasteiger partial charge in [-0.1, -0.05) is 18.2 Å². The minimum atomic E-state index is -0.591. The summed E-state index contributed by atoms with van der Waals surface area (Å²) in [5, 5.41) is 14.2. The minimum absolute atomic E-state index is 0.0234. The average molecular weight is 489 g/mol. The Morgan fingerprint density at radius 3 is 2.61 bits per heavy atom. The van der Waals surface area contributed by atoms with E-state index in [1.54, 1.807) is 23.6 Å². The number of amides is 2. The Morgan fingerprint density at radius 2 is 1.91 bits per heavy atom. The average Bonchev–Trinajstić information content (AvgIpc) is 3.45. The van der Waals surface area contributed by atoms with Crippen LogP contribution in [0.2, 0.25) is 0 Å². The topological polar surface area (TPSA) is 106 Å². The molecule has 4 rings (SSSR count). The number of likely N-dealkylation sites (tertiary alicyclic amines) is 1. The van der Waals surface area contributed by atoms with Gasteiger partial charge in [-0.15, -0.1) is 21.5 Å². The van der Waals surface area contributed by atoms with Crippen molar-refractivity contribution < 1.29 is 14.0 Å². The fourth-order valence-electron chi connectivity index (χ4n) is 3.84. The molecule has 1 aliphatic rings. The van der Waals surface area contributed by atoms with Gasteiger partial charge in [-0.05, 0) is 68.6 Å². The molecule has 1 unspecified atom stereocenters. The number of carbonyl (C=O) groups excluding carboxylic acids is 2. The van der Waals surface area contributed by atoms with Gasteiger partial charge in [-0.25, -0.2) is 4.39 Å². The molecule has 174 valence electrons. The Kier molecular flexibility index (Phi) is 7.41. The molecule has 1 aromatic carbocycles. The normalized spacial score (nSPS) is 15.3. The van der Waals surface area contributed by atoms with E-state index in [-0.39, 0.29) is 29.1 Å². The molecule has 11 heteroatoms. The zero-order valence-electron chi connectivity index (χ0n) is 18.2. The minimum Gasteiger partial charge on any atom is -0.366 e. The van der Waals surface area contributed by atoms with Gasteiger partial charge in [0.15, 0.2) is 11.0 Å². The molecule has 1 saturated heterocycles. The molecule has 1 atom stereocenters. The lowest BCUT2D eigenvalue weighted by Gasteiger charge is -2.31. The molecular weight excluding hydrogens is 463 g/mol. The maximum absolute atomic E-state index is 13.6. The zero-order chi connectivity index (χ0) is 23.4. The molecular formula is C22H25FN6O2S2. The van der Waals surface area contributed by atoms with Crippen molar-refractivity contribution in [3.8, 4) is 5.69 Å². The standard InChI is InChI=1S/C22H25FN6O2S2/c1-14(28-10-3-2-4-11-28)20-26-27-22(29(20)16-7-5-15(23)6-8-16)33-13-18(30)25-21-17(19(24)31)9-12-32-21/h5-9,12,14H,2-4,10-11,13H2,1H3,(H2,24,31)(H,25,30). The number of primary amides is 1. The van der Waals surface area contributed by atoms with Crippen molar-refractivity contribution >= 4 is 39.9 Å². The van der Waals surface area contributed by atoms with Gasteiger partial charge in [0, 0.05) is 5.69 Å². The number of piperidine rings is 1. The summed E-state index contributed by atoms with van der Waals surface area (Å²) in [5.74, 6) is -0.392. The fourth-order valence-corrected chi connectivity index (χ4v) is 5.41. The molecule has 8 nitrogen and oxygen atoms in total. The van der Waals surface area contributed by atoms with Crippen LogP contribution in [0.1, 0.15) is 48.4 Å². The molecule has 1 aliphatic heterocycles. The number of rotatable bonds is 8. The van der Waals surface area contributed by atoms with Crippen LogP contribution in [0, 0.1) is 5.82 Å². The van der Waals surface area contributed by atoms with E-state index in [0.29, 0.717) is 10.2 Å². The Bertz CT molecular complexity index is 1120. The van der Waals surface area contributed by atoms with Crippen molar-refractivity contribution in [2.45, 2.75) is 37.4 Å². The van der Waals surface area contributed by atoms with Crippen LogP contribution in [0.5, 0.6) is 0 Å². The maximum atomic E-state index is 13.6. The highest BCUT2D eigenvalue weighted by atomic mass is 32.2. The number of anilines is 1. The lowest BCUT2D eigenvalue weighted by atomic mass is 10.1. The lowest BCUT2D eigenvalue weighted by molar-refractivity contribution is -0.113. The number of carbonyl (C=O) groups is 2. The Labute approximate surface area is 199 Å². The Morgan fingerprint density at radius 1 is 1.18 bits per heavy atom. The Hall–Kier alpha value is -2.76. The van der Waals surface area contributed by atoms with E-state index in [2.05, 4.69) is 27.3 Å².